The number of nitrogens with zero attached hydrogens (tertiary/aromatic N) is 2. The zero-order valence-corrected chi connectivity index (χ0v) is 24.9. The van der Waals surface area contributed by atoms with Crippen molar-refractivity contribution in [2.75, 3.05) is 13.2 Å². The zero-order valence-electron chi connectivity index (χ0n) is 24.2. The van der Waals surface area contributed by atoms with Gasteiger partial charge in [0, 0.05) is 24.5 Å². The van der Waals surface area contributed by atoms with Gasteiger partial charge in [0.1, 0.15) is 11.6 Å². The van der Waals surface area contributed by atoms with Crippen LogP contribution in [0.2, 0.25) is 5.02 Å². The lowest BCUT2D eigenvalue weighted by molar-refractivity contribution is -0.120. The van der Waals surface area contributed by atoms with Crippen LogP contribution in [0.1, 0.15) is 42.6 Å². The Morgan fingerprint density at radius 2 is 1.62 bits per heavy atom. The topological polar surface area (TPSA) is 56.1 Å². The molecule has 0 bridgehead atoms. The van der Waals surface area contributed by atoms with Gasteiger partial charge in [0.05, 0.1) is 24.1 Å². The molecule has 0 aliphatic heterocycles. The Hall–Kier alpha value is -4.09. The van der Waals surface area contributed by atoms with E-state index in [0.717, 1.165) is 77.5 Å². The fourth-order valence-electron chi connectivity index (χ4n) is 5.19. The number of rotatable bonds is 14. The molecule has 1 aromatic heterocycles. The molecule has 0 spiro atoms. The summed E-state index contributed by atoms with van der Waals surface area (Å²) in [7, 11) is 0. The number of ether oxygens (including phenoxy) is 1. The van der Waals surface area contributed by atoms with E-state index in [1.165, 1.54) is 11.1 Å². The van der Waals surface area contributed by atoms with Gasteiger partial charge in [0.25, 0.3) is 0 Å². The zero-order chi connectivity index (χ0) is 29.1. The molecule has 0 atom stereocenters. The molecule has 6 heteroatoms. The number of fused-ring (bicyclic) bond motifs is 1. The number of hydrogen-bond donors (Lipinski definition) is 1. The molecule has 5 aromatic rings. The van der Waals surface area contributed by atoms with Crippen LogP contribution in [-0.4, -0.2) is 28.6 Å². The predicted octanol–water partition coefficient (Wildman–Crippen LogP) is 8.21. The van der Waals surface area contributed by atoms with E-state index >= 15 is 0 Å². The van der Waals surface area contributed by atoms with Crippen molar-refractivity contribution in [3.8, 4) is 16.9 Å². The minimum absolute atomic E-state index is 0.0697. The molecule has 0 aliphatic rings. The molecular weight excluding hydrogens is 542 g/mol. The minimum Gasteiger partial charge on any atom is -0.494 e. The molecule has 1 heterocycles. The van der Waals surface area contributed by atoms with Crippen LogP contribution in [0.25, 0.3) is 22.2 Å². The molecule has 5 rings (SSSR count). The number of carbonyl (C=O) groups is 1. The molecule has 0 saturated heterocycles. The molecule has 0 aliphatic carbocycles. The largest absolute Gasteiger partial charge is 0.494 e. The van der Waals surface area contributed by atoms with Crippen molar-refractivity contribution in [3.05, 3.63) is 119 Å². The monoisotopic (exact) mass is 579 g/mol. The van der Waals surface area contributed by atoms with Crippen LogP contribution < -0.4 is 10.1 Å². The quantitative estimate of drug-likeness (QED) is 0.135. The maximum absolute atomic E-state index is 12.5. The highest BCUT2D eigenvalue weighted by atomic mass is 35.5. The third-order valence-electron chi connectivity index (χ3n) is 7.48. The third-order valence-corrected chi connectivity index (χ3v) is 7.91. The summed E-state index contributed by atoms with van der Waals surface area (Å²) in [6.45, 7) is 4.16. The number of aryl methyl sites for hydroxylation is 3. The molecule has 4 aromatic carbocycles. The van der Waals surface area contributed by atoms with E-state index in [-0.39, 0.29) is 5.91 Å². The lowest BCUT2D eigenvalue weighted by atomic mass is 10.0. The summed E-state index contributed by atoms with van der Waals surface area (Å²) in [6, 6.07) is 32.6. The molecule has 42 heavy (non-hydrogen) atoms. The summed E-state index contributed by atoms with van der Waals surface area (Å²) in [5.41, 5.74) is 6.59. The summed E-state index contributed by atoms with van der Waals surface area (Å²) >= 11 is 6.13. The molecule has 0 radical (unpaired) electrons. The van der Waals surface area contributed by atoms with Crippen LogP contribution in [0.4, 0.5) is 0 Å². The second-order valence-electron chi connectivity index (χ2n) is 10.7. The summed E-state index contributed by atoms with van der Waals surface area (Å²) < 4.78 is 8.30. The second-order valence-corrected chi connectivity index (χ2v) is 11.1. The van der Waals surface area contributed by atoms with Crippen molar-refractivity contribution in [2.45, 2.75) is 52.0 Å². The standard InChI is InChI=1S/C36H38ClN3O2/c1-27-25-31(20-21-32(27)37)42-24-10-23-40-34-14-8-7-13-33(34)39-35(40)15-6-3-9-22-38-36(41)26-28-16-18-30(19-17-28)29-11-4-2-5-12-29/h2,4-5,7-8,11-14,16-21,25H,3,6,9-10,15,22-24,26H2,1H3,(H,38,41). The van der Waals surface area contributed by atoms with Gasteiger partial charge in [0.15, 0.2) is 0 Å². The van der Waals surface area contributed by atoms with Gasteiger partial charge < -0.3 is 14.6 Å². The van der Waals surface area contributed by atoms with Crippen molar-refractivity contribution < 1.29 is 9.53 Å². The third kappa shape index (κ3) is 8.01. The SMILES string of the molecule is Cc1cc(OCCCn2c(CCCCCNC(=O)Cc3ccc(-c4ccccc4)cc3)nc3ccccc32)ccc1Cl. The first-order valence-electron chi connectivity index (χ1n) is 14.8. The number of amides is 1. The average molecular weight is 580 g/mol. The van der Waals surface area contributed by atoms with E-state index in [2.05, 4.69) is 52.3 Å². The highest BCUT2D eigenvalue weighted by molar-refractivity contribution is 6.31. The number of para-hydroxylation sites is 2. The smallest absolute Gasteiger partial charge is 0.224 e. The Labute approximate surface area is 253 Å². The van der Waals surface area contributed by atoms with Gasteiger partial charge in [-0.2, -0.15) is 0 Å². The van der Waals surface area contributed by atoms with Crippen molar-refractivity contribution in [1.82, 2.24) is 14.9 Å². The lowest BCUT2D eigenvalue weighted by Crippen LogP contribution is -2.26. The number of unbranched alkanes of at least 4 members (excludes halogenated alkanes) is 2. The van der Waals surface area contributed by atoms with E-state index < -0.39 is 0 Å². The number of halogens is 1. The molecule has 1 amide bonds. The molecule has 0 unspecified atom stereocenters. The first-order chi connectivity index (χ1) is 20.6. The first kappa shape index (κ1) is 29.4. The van der Waals surface area contributed by atoms with Crippen LogP contribution in [0, 0.1) is 6.92 Å². The van der Waals surface area contributed by atoms with Crippen LogP contribution in [0.5, 0.6) is 5.75 Å². The van der Waals surface area contributed by atoms with E-state index in [1.54, 1.807) is 0 Å². The Bertz CT molecular complexity index is 1600. The van der Waals surface area contributed by atoms with E-state index in [9.17, 15) is 4.79 Å². The van der Waals surface area contributed by atoms with Crippen molar-refractivity contribution in [2.24, 2.45) is 0 Å². The fraction of sp³-hybridized carbons (Fsp3) is 0.278. The van der Waals surface area contributed by atoms with Crippen LogP contribution >= 0.6 is 11.6 Å². The van der Waals surface area contributed by atoms with Crippen LogP contribution in [0.3, 0.4) is 0 Å². The van der Waals surface area contributed by atoms with Gasteiger partial charge in [0.2, 0.25) is 5.91 Å². The molecule has 0 saturated carbocycles. The van der Waals surface area contributed by atoms with Crippen molar-refractivity contribution >= 4 is 28.5 Å². The van der Waals surface area contributed by atoms with Crippen LogP contribution in [0.15, 0.2) is 97.1 Å². The normalized spacial score (nSPS) is 11.1. The van der Waals surface area contributed by atoms with Gasteiger partial charge in [-0.3, -0.25) is 4.79 Å². The van der Waals surface area contributed by atoms with Crippen molar-refractivity contribution in [3.63, 3.8) is 0 Å². The Morgan fingerprint density at radius 3 is 2.43 bits per heavy atom. The number of benzene rings is 4. The minimum atomic E-state index is 0.0697. The molecular formula is C36H38ClN3O2. The van der Waals surface area contributed by atoms with Gasteiger partial charge >= 0.3 is 0 Å². The maximum Gasteiger partial charge on any atom is 0.224 e. The molecule has 1 N–H and O–H groups in total. The number of imidazole rings is 1. The summed E-state index contributed by atoms with van der Waals surface area (Å²) in [5, 5.41) is 3.84. The molecule has 5 nitrogen and oxygen atoms in total. The number of hydrogen-bond acceptors (Lipinski definition) is 3. The highest BCUT2D eigenvalue weighted by Crippen LogP contribution is 2.22. The van der Waals surface area contributed by atoms with E-state index in [4.69, 9.17) is 21.3 Å². The Balaban J connectivity index is 1.04. The molecule has 0 fully saturated rings. The summed E-state index contributed by atoms with van der Waals surface area (Å²) in [5.74, 6) is 2.03. The second kappa shape index (κ2) is 14.7. The average Bonchev–Trinajstić information content (AvgIpc) is 3.36. The highest BCUT2D eigenvalue weighted by Gasteiger charge is 2.11. The van der Waals surface area contributed by atoms with Crippen LogP contribution in [-0.2, 0) is 24.2 Å². The maximum atomic E-state index is 12.5. The number of aromatic nitrogens is 2. The number of nitrogens with one attached hydrogen (secondary N) is 1. The van der Waals surface area contributed by atoms with E-state index in [1.807, 2.05) is 61.5 Å². The van der Waals surface area contributed by atoms with Gasteiger partial charge in [-0.25, -0.2) is 4.98 Å². The Kier molecular flexibility index (Phi) is 10.3. The van der Waals surface area contributed by atoms with Gasteiger partial charge in [-0.05, 0) is 78.8 Å². The van der Waals surface area contributed by atoms with Gasteiger partial charge in [-0.15, -0.1) is 0 Å². The van der Waals surface area contributed by atoms with E-state index in [0.29, 0.717) is 19.6 Å². The first-order valence-corrected chi connectivity index (χ1v) is 15.2. The molecule has 216 valence electrons. The number of carbonyl (C=O) groups excluding carboxylic acids is 1. The summed E-state index contributed by atoms with van der Waals surface area (Å²) in [4.78, 5) is 17.4. The van der Waals surface area contributed by atoms with Crippen molar-refractivity contribution in [1.29, 1.82) is 0 Å². The Morgan fingerprint density at radius 1 is 0.857 bits per heavy atom. The fourth-order valence-corrected chi connectivity index (χ4v) is 5.31. The lowest BCUT2D eigenvalue weighted by Gasteiger charge is -2.11. The summed E-state index contributed by atoms with van der Waals surface area (Å²) in [6.07, 6.45) is 5.21. The van der Waals surface area contributed by atoms with Gasteiger partial charge in [-0.1, -0.05) is 84.8 Å². The predicted molar refractivity (Wildman–Crippen MR) is 172 cm³/mol.